The van der Waals surface area contributed by atoms with Gasteiger partial charge in [-0.3, -0.25) is 0 Å². The molecular weight excluding hydrogens is 350 g/mol. The standard InChI is InChI=1S/C19H31N3O3S/c1-13-10-15(19(3,4)5)11-14(2)17(13)26(24,25)22-9-7-6-8-16(22)12-21-18(20)23/h10-11,16H,6-9,12H2,1-5H3,(H3,20,21,23)/t16-/m1/s1. The molecule has 0 unspecified atom stereocenters. The summed E-state index contributed by atoms with van der Waals surface area (Å²) in [5.74, 6) is 0. The fraction of sp³-hybridized carbons (Fsp3) is 0.632. The van der Waals surface area contributed by atoms with Crippen LogP contribution in [0.4, 0.5) is 4.79 Å². The van der Waals surface area contributed by atoms with Crippen molar-refractivity contribution >= 4 is 16.1 Å². The Hall–Kier alpha value is -1.60. The van der Waals surface area contributed by atoms with E-state index >= 15 is 0 Å². The number of hydrogen-bond acceptors (Lipinski definition) is 3. The van der Waals surface area contributed by atoms with Crippen molar-refractivity contribution in [3.8, 4) is 0 Å². The Kier molecular flexibility index (Phi) is 6.02. The molecule has 1 atom stereocenters. The average molecular weight is 382 g/mol. The van der Waals surface area contributed by atoms with Gasteiger partial charge >= 0.3 is 6.03 Å². The maximum absolute atomic E-state index is 13.4. The topological polar surface area (TPSA) is 92.5 Å². The van der Waals surface area contributed by atoms with Gasteiger partial charge in [0.2, 0.25) is 10.0 Å². The van der Waals surface area contributed by atoms with Crippen LogP contribution < -0.4 is 11.1 Å². The average Bonchev–Trinajstić information content (AvgIpc) is 2.51. The fourth-order valence-corrected chi connectivity index (χ4v) is 5.73. The van der Waals surface area contributed by atoms with Gasteiger partial charge in [-0.25, -0.2) is 13.2 Å². The molecule has 3 N–H and O–H groups in total. The molecular formula is C19H31N3O3S. The Labute approximate surface area is 157 Å². The van der Waals surface area contributed by atoms with Crippen molar-refractivity contribution in [1.82, 2.24) is 9.62 Å². The Balaban J connectivity index is 2.43. The number of sulfonamides is 1. The predicted octanol–water partition coefficient (Wildman–Crippen LogP) is 2.81. The summed E-state index contributed by atoms with van der Waals surface area (Å²) in [4.78, 5) is 11.4. The SMILES string of the molecule is Cc1cc(C(C)(C)C)cc(C)c1S(=O)(=O)N1CCCC[C@@H]1CNC(N)=O. The zero-order valence-corrected chi connectivity index (χ0v) is 17.2. The van der Waals surface area contributed by atoms with E-state index < -0.39 is 16.1 Å². The lowest BCUT2D eigenvalue weighted by Crippen LogP contribution is -2.50. The van der Waals surface area contributed by atoms with Gasteiger partial charge in [0.1, 0.15) is 0 Å². The normalized spacial score (nSPS) is 19.3. The predicted molar refractivity (Wildman–Crippen MR) is 104 cm³/mol. The highest BCUT2D eigenvalue weighted by Gasteiger charge is 2.35. The minimum Gasteiger partial charge on any atom is -0.352 e. The summed E-state index contributed by atoms with van der Waals surface area (Å²) < 4.78 is 28.4. The van der Waals surface area contributed by atoms with Crippen molar-refractivity contribution in [3.63, 3.8) is 0 Å². The molecule has 1 fully saturated rings. The molecule has 0 spiro atoms. The minimum absolute atomic E-state index is 0.0448. The molecule has 0 bridgehead atoms. The summed E-state index contributed by atoms with van der Waals surface area (Å²) in [5, 5.41) is 2.56. The van der Waals surface area contributed by atoms with E-state index in [4.69, 9.17) is 5.73 Å². The van der Waals surface area contributed by atoms with Crippen LogP contribution in [0.5, 0.6) is 0 Å². The Bertz CT molecular complexity index is 759. The van der Waals surface area contributed by atoms with Crippen molar-refractivity contribution in [3.05, 3.63) is 28.8 Å². The van der Waals surface area contributed by atoms with Crippen LogP contribution >= 0.6 is 0 Å². The van der Waals surface area contributed by atoms with Gasteiger partial charge in [0.05, 0.1) is 4.90 Å². The quantitative estimate of drug-likeness (QED) is 0.840. The molecule has 1 aromatic carbocycles. The summed E-state index contributed by atoms with van der Waals surface area (Å²) in [6.07, 6.45) is 2.49. The fourth-order valence-electron chi connectivity index (χ4n) is 3.62. The number of primary amides is 1. The van der Waals surface area contributed by atoms with E-state index in [1.807, 2.05) is 26.0 Å². The first-order valence-corrected chi connectivity index (χ1v) is 10.6. The van der Waals surface area contributed by atoms with E-state index in [-0.39, 0.29) is 18.0 Å². The van der Waals surface area contributed by atoms with Crippen molar-refractivity contribution in [1.29, 1.82) is 0 Å². The molecule has 26 heavy (non-hydrogen) atoms. The van der Waals surface area contributed by atoms with Crippen molar-refractivity contribution < 1.29 is 13.2 Å². The lowest BCUT2D eigenvalue weighted by molar-refractivity contribution is 0.229. The molecule has 0 aromatic heterocycles. The summed E-state index contributed by atoms with van der Waals surface area (Å²) >= 11 is 0. The van der Waals surface area contributed by atoms with Crippen molar-refractivity contribution in [2.24, 2.45) is 5.73 Å². The van der Waals surface area contributed by atoms with Crippen LogP contribution in [-0.4, -0.2) is 37.9 Å². The van der Waals surface area contributed by atoms with Gasteiger partial charge in [-0.15, -0.1) is 0 Å². The third kappa shape index (κ3) is 4.38. The number of piperidine rings is 1. The van der Waals surface area contributed by atoms with Gasteiger partial charge < -0.3 is 11.1 Å². The van der Waals surface area contributed by atoms with Crippen LogP contribution in [0, 0.1) is 13.8 Å². The second-order valence-electron chi connectivity index (χ2n) is 8.20. The summed E-state index contributed by atoms with van der Waals surface area (Å²) in [7, 11) is -3.64. The molecule has 1 aliphatic heterocycles. The molecule has 0 radical (unpaired) electrons. The Morgan fingerprint density at radius 1 is 1.23 bits per heavy atom. The third-order valence-electron chi connectivity index (χ3n) is 4.98. The molecule has 146 valence electrons. The van der Waals surface area contributed by atoms with E-state index in [0.29, 0.717) is 11.4 Å². The highest BCUT2D eigenvalue weighted by molar-refractivity contribution is 7.89. The van der Waals surface area contributed by atoms with E-state index in [1.54, 1.807) is 4.31 Å². The van der Waals surface area contributed by atoms with Crippen LogP contribution in [0.3, 0.4) is 0 Å². The van der Waals surface area contributed by atoms with Crippen molar-refractivity contribution in [2.75, 3.05) is 13.1 Å². The summed E-state index contributed by atoms with van der Waals surface area (Å²) in [6, 6.07) is 3.05. The van der Waals surface area contributed by atoms with Crippen LogP contribution in [0.15, 0.2) is 17.0 Å². The molecule has 1 heterocycles. The number of rotatable bonds is 4. The molecule has 7 heteroatoms. The second kappa shape index (κ2) is 7.56. The van der Waals surface area contributed by atoms with Crippen LogP contribution in [-0.2, 0) is 15.4 Å². The lowest BCUT2D eigenvalue weighted by Gasteiger charge is -2.35. The molecule has 1 aromatic rings. The first kappa shape index (κ1) is 20.7. The second-order valence-corrected chi connectivity index (χ2v) is 10.0. The molecule has 6 nitrogen and oxygen atoms in total. The molecule has 2 rings (SSSR count). The van der Waals surface area contributed by atoms with Gasteiger partial charge in [0, 0.05) is 19.1 Å². The molecule has 2 amide bonds. The van der Waals surface area contributed by atoms with Gasteiger partial charge in [-0.05, 0) is 48.8 Å². The monoisotopic (exact) mass is 381 g/mol. The molecule has 1 aliphatic rings. The van der Waals surface area contributed by atoms with E-state index in [0.717, 1.165) is 36.0 Å². The van der Waals surface area contributed by atoms with E-state index in [9.17, 15) is 13.2 Å². The number of urea groups is 1. The first-order chi connectivity index (χ1) is 11.9. The molecule has 1 saturated heterocycles. The summed E-state index contributed by atoms with van der Waals surface area (Å²) in [6.45, 7) is 10.8. The Morgan fingerprint density at radius 3 is 2.31 bits per heavy atom. The molecule has 0 aliphatic carbocycles. The zero-order chi connectivity index (χ0) is 19.7. The number of benzene rings is 1. The zero-order valence-electron chi connectivity index (χ0n) is 16.4. The number of carbonyl (C=O) groups is 1. The molecule has 0 saturated carbocycles. The van der Waals surface area contributed by atoms with E-state index in [2.05, 4.69) is 26.1 Å². The van der Waals surface area contributed by atoms with E-state index in [1.165, 1.54) is 0 Å². The van der Waals surface area contributed by atoms with Gasteiger partial charge in [-0.1, -0.05) is 39.3 Å². The highest BCUT2D eigenvalue weighted by atomic mass is 32.2. The van der Waals surface area contributed by atoms with Crippen LogP contribution in [0.25, 0.3) is 0 Å². The van der Waals surface area contributed by atoms with Crippen LogP contribution in [0.2, 0.25) is 0 Å². The largest absolute Gasteiger partial charge is 0.352 e. The number of nitrogens with one attached hydrogen (secondary N) is 1. The smallest absolute Gasteiger partial charge is 0.312 e. The third-order valence-corrected chi connectivity index (χ3v) is 7.24. The number of amides is 2. The highest BCUT2D eigenvalue weighted by Crippen LogP contribution is 2.33. The van der Waals surface area contributed by atoms with Crippen LogP contribution in [0.1, 0.15) is 56.7 Å². The van der Waals surface area contributed by atoms with Gasteiger partial charge in [0.15, 0.2) is 0 Å². The Morgan fingerprint density at radius 2 is 1.81 bits per heavy atom. The maximum Gasteiger partial charge on any atom is 0.312 e. The number of nitrogens with two attached hydrogens (primary N) is 1. The summed E-state index contributed by atoms with van der Waals surface area (Å²) in [5.41, 5.74) is 7.77. The van der Waals surface area contributed by atoms with Gasteiger partial charge in [-0.2, -0.15) is 4.31 Å². The lowest BCUT2D eigenvalue weighted by atomic mass is 9.85. The van der Waals surface area contributed by atoms with Gasteiger partial charge in [0.25, 0.3) is 0 Å². The van der Waals surface area contributed by atoms with Crippen molar-refractivity contribution in [2.45, 2.75) is 70.2 Å². The number of aryl methyl sites for hydroxylation is 2. The maximum atomic E-state index is 13.4. The number of hydrogen-bond donors (Lipinski definition) is 2. The first-order valence-electron chi connectivity index (χ1n) is 9.11. The minimum atomic E-state index is -3.64. The number of carbonyl (C=O) groups excluding carboxylic acids is 1. The number of nitrogens with zero attached hydrogens (tertiary/aromatic N) is 1.